The fraction of sp³-hybridized carbons (Fsp3) is 0.846. The first-order valence-corrected chi connectivity index (χ1v) is 6.90. The summed E-state index contributed by atoms with van der Waals surface area (Å²) in [5.41, 5.74) is -0.480. The molecule has 1 N–H and O–H groups in total. The van der Waals surface area contributed by atoms with Gasteiger partial charge in [-0.1, -0.05) is 0 Å². The van der Waals surface area contributed by atoms with Gasteiger partial charge in [0.1, 0.15) is 0 Å². The highest BCUT2D eigenvalue weighted by atomic mass is 16.7. The molecule has 0 atom stereocenters. The van der Waals surface area contributed by atoms with E-state index in [1.807, 2.05) is 25.7 Å². The van der Waals surface area contributed by atoms with E-state index >= 15 is 0 Å². The van der Waals surface area contributed by atoms with Gasteiger partial charge in [-0.25, -0.2) is 9.59 Å². The molecule has 0 unspecified atom stereocenters. The number of carbonyl (C=O) groups excluding carboxylic acids is 2. The van der Waals surface area contributed by atoms with Gasteiger partial charge >= 0.3 is 12.0 Å². The van der Waals surface area contributed by atoms with Gasteiger partial charge in [-0.05, 0) is 33.6 Å². The fourth-order valence-electron chi connectivity index (χ4n) is 2.33. The molecular formula is C13H23N3O3. The summed E-state index contributed by atoms with van der Waals surface area (Å²) in [7, 11) is 0. The van der Waals surface area contributed by atoms with Crippen LogP contribution in [-0.2, 0) is 9.63 Å². The zero-order valence-corrected chi connectivity index (χ0v) is 11.9. The third-order valence-corrected chi connectivity index (χ3v) is 3.58. The summed E-state index contributed by atoms with van der Waals surface area (Å²) in [6.07, 6.45) is 1.70. The zero-order chi connectivity index (χ0) is 14.0. The van der Waals surface area contributed by atoms with Gasteiger partial charge in [-0.2, -0.15) is 0 Å². The number of piperidine rings is 1. The van der Waals surface area contributed by atoms with Crippen molar-refractivity contribution in [3.8, 4) is 0 Å². The first-order chi connectivity index (χ1) is 8.88. The minimum Gasteiger partial charge on any atom is -0.367 e. The molecule has 2 aliphatic heterocycles. The van der Waals surface area contributed by atoms with Gasteiger partial charge in [0.2, 0.25) is 0 Å². The second kappa shape index (κ2) is 5.36. The number of hydrogen-bond donors (Lipinski definition) is 1. The minimum absolute atomic E-state index is 0.0325. The number of rotatable bonds is 2. The molecule has 2 heterocycles. The van der Waals surface area contributed by atoms with Crippen LogP contribution >= 0.6 is 0 Å². The first-order valence-electron chi connectivity index (χ1n) is 6.90. The van der Waals surface area contributed by atoms with Crippen molar-refractivity contribution in [3.05, 3.63) is 0 Å². The van der Waals surface area contributed by atoms with Crippen molar-refractivity contribution in [1.82, 2.24) is 15.3 Å². The van der Waals surface area contributed by atoms with Crippen molar-refractivity contribution in [2.24, 2.45) is 5.41 Å². The summed E-state index contributed by atoms with van der Waals surface area (Å²) in [6.45, 7) is 8.43. The molecule has 2 amide bonds. The number of carbonyl (C=O) groups is 2. The normalized spacial score (nSPS) is 22.5. The molecule has 108 valence electrons. The van der Waals surface area contributed by atoms with Crippen LogP contribution in [0.4, 0.5) is 4.79 Å². The zero-order valence-electron chi connectivity index (χ0n) is 11.9. The molecule has 0 saturated carbocycles. The molecule has 2 aliphatic rings. The summed E-state index contributed by atoms with van der Waals surface area (Å²) < 4.78 is 0. The lowest BCUT2D eigenvalue weighted by molar-refractivity contribution is -0.205. The van der Waals surface area contributed by atoms with Gasteiger partial charge in [0.15, 0.2) is 0 Å². The van der Waals surface area contributed by atoms with E-state index < -0.39 is 5.41 Å². The summed E-state index contributed by atoms with van der Waals surface area (Å²) in [4.78, 5) is 30.6. The lowest BCUT2D eigenvalue weighted by atomic mass is 9.98. The number of nitrogens with zero attached hydrogens (tertiary/aromatic N) is 2. The number of urea groups is 1. The Balaban J connectivity index is 1.79. The van der Waals surface area contributed by atoms with Crippen LogP contribution in [0.1, 0.15) is 33.6 Å². The fourth-order valence-corrected chi connectivity index (χ4v) is 2.33. The van der Waals surface area contributed by atoms with Crippen molar-refractivity contribution in [1.29, 1.82) is 0 Å². The Hall–Kier alpha value is -1.30. The van der Waals surface area contributed by atoms with Crippen molar-refractivity contribution in [2.75, 3.05) is 26.2 Å². The van der Waals surface area contributed by atoms with E-state index in [1.165, 1.54) is 0 Å². The lowest BCUT2D eigenvalue weighted by Crippen LogP contribution is -2.47. The van der Waals surface area contributed by atoms with Gasteiger partial charge in [0.05, 0.1) is 5.41 Å². The molecule has 0 spiro atoms. The molecule has 0 aromatic heterocycles. The third kappa shape index (κ3) is 3.37. The Labute approximate surface area is 114 Å². The van der Waals surface area contributed by atoms with Crippen molar-refractivity contribution in [2.45, 2.75) is 39.7 Å². The van der Waals surface area contributed by atoms with Crippen LogP contribution in [0.25, 0.3) is 0 Å². The van der Waals surface area contributed by atoms with E-state index in [0.717, 1.165) is 25.9 Å². The Bertz CT molecular complexity index is 357. The van der Waals surface area contributed by atoms with E-state index in [4.69, 9.17) is 4.84 Å². The molecule has 19 heavy (non-hydrogen) atoms. The van der Waals surface area contributed by atoms with Gasteiger partial charge < -0.3 is 15.1 Å². The van der Waals surface area contributed by atoms with E-state index in [2.05, 4.69) is 5.32 Å². The maximum absolute atomic E-state index is 11.8. The average Bonchev–Trinajstić information content (AvgIpc) is 2.75. The van der Waals surface area contributed by atoms with E-state index in [-0.39, 0.29) is 18.0 Å². The van der Waals surface area contributed by atoms with Crippen LogP contribution in [0.5, 0.6) is 0 Å². The van der Waals surface area contributed by atoms with Crippen LogP contribution < -0.4 is 5.32 Å². The molecule has 0 radical (unpaired) electrons. The predicted octanol–water partition coefficient (Wildman–Crippen LogP) is 0.980. The molecule has 2 rings (SSSR count). The smallest absolute Gasteiger partial charge is 0.330 e. The number of amides is 2. The van der Waals surface area contributed by atoms with Crippen LogP contribution in [0.15, 0.2) is 0 Å². The molecule has 2 fully saturated rings. The summed E-state index contributed by atoms with van der Waals surface area (Å²) in [6, 6.07) is 0.303. The summed E-state index contributed by atoms with van der Waals surface area (Å²) in [5.74, 6) is -0.204. The van der Waals surface area contributed by atoms with E-state index in [1.54, 1.807) is 5.06 Å². The van der Waals surface area contributed by atoms with Crippen LogP contribution in [0, 0.1) is 5.41 Å². The molecule has 6 nitrogen and oxygen atoms in total. The summed E-state index contributed by atoms with van der Waals surface area (Å²) >= 11 is 0. The monoisotopic (exact) mass is 269 g/mol. The third-order valence-electron chi connectivity index (χ3n) is 3.58. The maximum atomic E-state index is 11.8. The van der Waals surface area contributed by atoms with E-state index in [0.29, 0.717) is 13.1 Å². The van der Waals surface area contributed by atoms with E-state index in [9.17, 15) is 9.59 Å². The highest BCUT2D eigenvalue weighted by Crippen LogP contribution is 2.21. The van der Waals surface area contributed by atoms with Gasteiger partial charge in [-0.15, -0.1) is 5.06 Å². The second-order valence-corrected chi connectivity index (χ2v) is 6.21. The number of hydrogen-bond acceptors (Lipinski definition) is 4. The highest BCUT2D eigenvalue weighted by molar-refractivity contribution is 5.76. The molecule has 6 heteroatoms. The molecule has 0 aromatic carbocycles. The minimum atomic E-state index is -0.480. The molecule has 0 aromatic rings. The van der Waals surface area contributed by atoms with Crippen LogP contribution in [0.3, 0.4) is 0 Å². The average molecular weight is 269 g/mol. The second-order valence-electron chi connectivity index (χ2n) is 6.21. The SMILES string of the molecule is CC(C)(C)C(=O)ON1CCC(N2CCNC2=O)CC1. The Morgan fingerprint density at radius 3 is 2.37 bits per heavy atom. The van der Waals surface area contributed by atoms with Gasteiger partial charge in [0.25, 0.3) is 0 Å². The predicted molar refractivity (Wildman–Crippen MR) is 70.2 cm³/mol. The molecule has 2 saturated heterocycles. The lowest BCUT2D eigenvalue weighted by Gasteiger charge is -2.35. The van der Waals surface area contributed by atoms with Gasteiger partial charge in [-0.3, -0.25) is 0 Å². The molecule has 0 bridgehead atoms. The summed E-state index contributed by atoms with van der Waals surface area (Å²) in [5, 5.41) is 4.54. The van der Waals surface area contributed by atoms with Gasteiger partial charge in [0, 0.05) is 32.2 Å². The Morgan fingerprint density at radius 2 is 1.89 bits per heavy atom. The number of hydroxylamine groups is 2. The van der Waals surface area contributed by atoms with Crippen molar-refractivity contribution >= 4 is 12.0 Å². The quantitative estimate of drug-likeness (QED) is 0.812. The first kappa shape index (κ1) is 14.1. The molecular weight excluding hydrogens is 246 g/mol. The Kier molecular flexibility index (Phi) is 3.99. The standard InChI is InChI=1S/C13H23N3O3/c1-13(2,3)11(17)19-15-7-4-10(5-8-15)16-9-6-14-12(16)18/h10H,4-9H2,1-3H3,(H,14,18). The van der Waals surface area contributed by atoms with Crippen molar-refractivity contribution < 1.29 is 14.4 Å². The highest BCUT2D eigenvalue weighted by Gasteiger charge is 2.33. The topological polar surface area (TPSA) is 61.9 Å². The largest absolute Gasteiger partial charge is 0.367 e. The Morgan fingerprint density at radius 1 is 1.26 bits per heavy atom. The van der Waals surface area contributed by atoms with Crippen LogP contribution in [-0.4, -0.2) is 54.2 Å². The molecule has 0 aliphatic carbocycles. The van der Waals surface area contributed by atoms with Crippen LogP contribution in [0.2, 0.25) is 0 Å². The maximum Gasteiger partial charge on any atom is 0.330 e. The van der Waals surface area contributed by atoms with Crippen molar-refractivity contribution in [3.63, 3.8) is 0 Å². The number of nitrogens with one attached hydrogen (secondary N) is 1.